The largest absolute Gasteiger partial charge is 0.294 e. The summed E-state index contributed by atoms with van der Waals surface area (Å²) in [5, 5.41) is 0. The molecule has 0 aromatic carbocycles. The molecule has 0 radical (unpaired) electrons. The lowest BCUT2D eigenvalue weighted by atomic mass is 10.2. The monoisotopic (exact) mass is 216 g/mol. The Morgan fingerprint density at radius 2 is 1.57 bits per heavy atom. The Balaban J connectivity index is 3.52. The van der Waals surface area contributed by atoms with Crippen molar-refractivity contribution in [3.63, 3.8) is 0 Å². The topological polar surface area (TPSA) is 6.48 Å². The molecule has 0 saturated carbocycles. The van der Waals surface area contributed by atoms with Gasteiger partial charge < -0.3 is 0 Å². The Kier molecular flexibility index (Phi) is 8.53. The van der Waals surface area contributed by atoms with Crippen molar-refractivity contribution in [3.8, 4) is 0 Å². The first kappa shape index (κ1) is 14.1. The van der Waals surface area contributed by atoms with Gasteiger partial charge in [0.1, 0.15) is 0 Å². The molecular weight excluding hydrogens is 188 g/mol. The van der Waals surface area contributed by atoms with Crippen molar-refractivity contribution in [3.05, 3.63) is 0 Å². The van der Waals surface area contributed by atoms with Gasteiger partial charge >= 0.3 is 0 Å². The molecule has 0 fully saturated rings. The third-order valence-electron chi connectivity index (χ3n) is 2.76. The fourth-order valence-corrected chi connectivity index (χ4v) is 3.40. The van der Waals surface area contributed by atoms with Gasteiger partial charge in [0.2, 0.25) is 0 Å². The van der Waals surface area contributed by atoms with Crippen LogP contribution in [0.5, 0.6) is 0 Å². The first-order chi connectivity index (χ1) is 6.59. The van der Waals surface area contributed by atoms with Gasteiger partial charge in [-0.1, -0.05) is 31.9 Å². The molecule has 0 spiro atoms. The van der Waals surface area contributed by atoms with Crippen LogP contribution >= 0.6 is 0 Å². The number of hydrogen-bond acceptors (Lipinski definition) is 2. The molecule has 0 atom stereocenters. The molecule has 0 aromatic heterocycles. The minimum absolute atomic E-state index is 0.282. The Bertz CT molecular complexity index is 118. The SMILES string of the molecule is CCC[SiH2]CCCC(N(C)C)N(C)C. The molecule has 3 heteroatoms. The number of nitrogens with zero attached hydrogens (tertiary/aromatic N) is 2. The minimum atomic E-state index is 0.282. The molecule has 0 aliphatic heterocycles. The van der Waals surface area contributed by atoms with Crippen molar-refractivity contribution in [1.82, 2.24) is 9.80 Å². The van der Waals surface area contributed by atoms with Crippen molar-refractivity contribution in [1.29, 1.82) is 0 Å². The maximum Gasteiger partial charge on any atom is 0.0612 e. The fraction of sp³-hybridized carbons (Fsp3) is 1.00. The van der Waals surface area contributed by atoms with E-state index in [1.54, 1.807) is 0 Å². The lowest BCUT2D eigenvalue weighted by Crippen LogP contribution is -2.40. The van der Waals surface area contributed by atoms with E-state index in [0.717, 1.165) is 0 Å². The summed E-state index contributed by atoms with van der Waals surface area (Å²) in [5.41, 5.74) is 0. The molecular formula is C11H28N2Si. The van der Waals surface area contributed by atoms with Crippen LogP contribution in [0.4, 0.5) is 0 Å². The lowest BCUT2D eigenvalue weighted by molar-refractivity contribution is 0.119. The summed E-state index contributed by atoms with van der Waals surface area (Å²) in [7, 11) is 8.98. The predicted octanol–water partition coefficient (Wildman–Crippen LogP) is 1.63. The molecule has 0 rings (SSSR count). The van der Waals surface area contributed by atoms with Crippen LogP contribution in [0, 0.1) is 0 Å². The van der Waals surface area contributed by atoms with Crippen LogP contribution < -0.4 is 0 Å². The Hall–Kier alpha value is 0.137. The predicted molar refractivity (Wildman–Crippen MR) is 68.8 cm³/mol. The second kappa shape index (κ2) is 8.45. The van der Waals surface area contributed by atoms with Crippen LogP contribution in [0.1, 0.15) is 26.2 Å². The molecule has 86 valence electrons. The Morgan fingerprint density at radius 1 is 1.00 bits per heavy atom. The normalized spacial score (nSPS) is 12.9. The number of hydrogen-bond donors (Lipinski definition) is 0. The molecule has 0 unspecified atom stereocenters. The van der Waals surface area contributed by atoms with Gasteiger partial charge in [-0.05, 0) is 34.6 Å². The molecule has 0 bridgehead atoms. The quantitative estimate of drug-likeness (QED) is 0.346. The maximum atomic E-state index is 2.32. The van der Waals surface area contributed by atoms with E-state index in [2.05, 4.69) is 44.9 Å². The van der Waals surface area contributed by atoms with E-state index in [4.69, 9.17) is 0 Å². The second-order valence-corrected chi connectivity index (χ2v) is 6.73. The highest BCUT2D eigenvalue weighted by atomic mass is 28.2. The van der Waals surface area contributed by atoms with E-state index in [1.807, 2.05) is 0 Å². The van der Waals surface area contributed by atoms with Crippen LogP contribution in [0.15, 0.2) is 0 Å². The Labute approximate surface area is 92.5 Å². The fourth-order valence-electron chi connectivity index (χ4n) is 1.91. The summed E-state index contributed by atoms with van der Waals surface area (Å²) in [6.07, 6.45) is 4.78. The van der Waals surface area contributed by atoms with Gasteiger partial charge in [-0.3, -0.25) is 9.80 Å². The summed E-state index contributed by atoms with van der Waals surface area (Å²) in [4.78, 5) is 4.64. The lowest BCUT2D eigenvalue weighted by Gasteiger charge is -2.30. The molecule has 0 amide bonds. The van der Waals surface area contributed by atoms with Crippen LogP contribution in [0.2, 0.25) is 12.1 Å². The first-order valence-corrected chi connectivity index (χ1v) is 7.92. The van der Waals surface area contributed by atoms with Crippen molar-refractivity contribution in [2.75, 3.05) is 28.2 Å². The van der Waals surface area contributed by atoms with Crippen LogP contribution in [-0.4, -0.2) is 53.7 Å². The maximum absolute atomic E-state index is 2.32. The highest BCUT2D eigenvalue weighted by Gasteiger charge is 2.12. The zero-order chi connectivity index (χ0) is 11.0. The van der Waals surface area contributed by atoms with Gasteiger partial charge in [-0.2, -0.15) is 0 Å². The highest BCUT2D eigenvalue weighted by molar-refractivity contribution is 6.35. The van der Waals surface area contributed by atoms with E-state index in [-0.39, 0.29) is 9.52 Å². The Morgan fingerprint density at radius 3 is 2.00 bits per heavy atom. The smallest absolute Gasteiger partial charge is 0.0612 e. The minimum Gasteiger partial charge on any atom is -0.294 e. The molecule has 0 N–H and O–H groups in total. The third kappa shape index (κ3) is 6.57. The summed E-state index contributed by atoms with van der Waals surface area (Å²) in [6.45, 7) is 2.30. The van der Waals surface area contributed by atoms with Gasteiger partial charge in [-0.15, -0.1) is 0 Å². The van der Waals surface area contributed by atoms with Crippen LogP contribution in [0.25, 0.3) is 0 Å². The van der Waals surface area contributed by atoms with Gasteiger partial charge in [0.25, 0.3) is 0 Å². The van der Waals surface area contributed by atoms with E-state index < -0.39 is 0 Å². The van der Waals surface area contributed by atoms with Gasteiger partial charge in [-0.25, -0.2) is 0 Å². The first-order valence-electron chi connectivity index (χ1n) is 5.92. The molecule has 14 heavy (non-hydrogen) atoms. The van der Waals surface area contributed by atoms with Crippen molar-refractivity contribution in [2.24, 2.45) is 0 Å². The molecule has 0 heterocycles. The van der Waals surface area contributed by atoms with Crippen molar-refractivity contribution < 1.29 is 0 Å². The van der Waals surface area contributed by atoms with E-state index in [9.17, 15) is 0 Å². The van der Waals surface area contributed by atoms with Gasteiger partial charge in [0.15, 0.2) is 0 Å². The van der Waals surface area contributed by atoms with E-state index in [0.29, 0.717) is 6.17 Å². The van der Waals surface area contributed by atoms with E-state index >= 15 is 0 Å². The summed E-state index contributed by atoms with van der Waals surface area (Å²) >= 11 is 0. The van der Waals surface area contributed by atoms with Crippen molar-refractivity contribution >= 4 is 9.52 Å². The molecule has 0 saturated heterocycles. The molecule has 2 nitrogen and oxygen atoms in total. The summed E-state index contributed by atoms with van der Waals surface area (Å²) in [6, 6.07) is 3.07. The van der Waals surface area contributed by atoms with Crippen LogP contribution in [-0.2, 0) is 0 Å². The standard InChI is InChI=1S/C11H28N2Si/c1-6-9-14-10-7-8-11(12(2)3)13(4)5/h11H,6-10,14H2,1-5H3. The molecule has 0 aliphatic rings. The van der Waals surface area contributed by atoms with Crippen molar-refractivity contribution in [2.45, 2.75) is 44.4 Å². The molecule has 0 aliphatic carbocycles. The number of rotatable bonds is 8. The average molecular weight is 216 g/mol. The third-order valence-corrected chi connectivity index (χ3v) is 4.97. The highest BCUT2D eigenvalue weighted by Crippen LogP contribution is 2.08. The summed E-state index contributed by atoms with van der Waals surface area (Å²) < 4.78 is 0. The zero-order valence-electron chi connectivity index (χ0n) is 10.7. The van der Waals surface area contributed by atoms with Gasteiger partial charge in [0, 0.05) is 9.52 Å². The van der Waals surface area contributed by atoms with Crippen LogP contribution in [0.3, 0.4) is 0 Å². The second-order valence-electron chi connectivity index (χ2n) is 4.61. The zero-order valence-corrected chi connectivity index (χ0v) is 12.1. The average Bonchev–Trinajstić information content (AvgIpc) is 2.09. The summed E-state index contributed by atoms with van der Waals surface area (Å²) in [5.74, 6) is 0. The molecule has 0 aromatic rings. The van der Waals surface area contributed by atoms with Gasteiger partial charge in [0.05, 0.1) is 6.17 Å². The van der Waals surface area contributed by atoms with E-state index in [1.165, 1.54) is 31.4 Å².